The van der Waals surface area contributed by atoms with Crippen LogP contribution in [-0.2, 0) is 13.5 Å². The van der Waals surface area contributed by atoms with Crippen LogP contribution in [0.3, 0.4) is 0 Å². The number of aromatic nitrogens is 2. The Morgan fingerprint density at radius 3 is 2.83 bits per heavy atom. The van der Waals surface area contributed by atoms with Crippen molar-refractivity contribution in [1.82, 2.24) is 9.55 Å². The number of aliphatic hydroxyl groups excluding tert-OH is 1. The fraction of sp³-hybridized carbons (Fsp3) is 0.667. The number of rotatable bonds is 3. The summed E-state index contributed by atoms with van der Waals surface area (Å²) in [6.45, 7) is 0.309. The maximum absolute atomic E-state index is 9.09. The summed E-state index contributed by atoms with van der Waals surface area (Å²) in [6, 6.07) is 0. The van der Waals surface area contributed by atoms with Gasteiger partial charge in [-0.05, 0) is 24.7 Å². The van der Waals surface area contributed by atoms with E-state index in [9.17, 15) is 0 Å². The number of aliphatic hydroxyl groups is 1. The summed E-state index contributed by atoms with van der Waals surface area (Å²) in [6.07, 6.45) is 7.07. The molecular weight excluding hydrogens is 152 g/mol. The van der Waals surface area contributed by atoms with Gasteiger partial charge in [-0.25, -0.2) is 4.98 Å². The summed E-state index contributed by atoms with van der Waals surface area (Å²) in [4.78, 5) is 4.24. The molecule has 0 unspecified atom stereocenters. The predicted octanol–water partition coefficient (Wildman–Crippen LogP) is 0.735. The van der Waals surface area contributed by atoms with Crippen molar-refractivity contribution in [3.63, 3.8) is 0 Å². The summed E-state index contributed by atoms with van der Waals surface area (Å²) in [5, 5.41) is 9.09. The van der Waals surface area contributed by atoms with E-state index in [-0.39, 0.29) is 5.41 Å². The first kappa shape index (κ1) is 7.80. The molecule has 1 saturated carbocycles. The molecule has 0 saturated heterocycles. The molecule has 3 heteroatoms. The van der Waals surface area contributed by atoms with Gasteiger partial charge in [0.15, 0.2) is 0 Å². The first-order valence-corrected chi connectivity index (χ1v) is 4.32. The van der Waals surface area contributed by atoms with Crippen molar-refractivity contribution in [2.24, 2.45) is 12.5 Å². The van der Waals surface area contributed by atoms with E-state index in [1.165, 1.54) is 0 Å². The number of aryl methyl sites for hydroxylation is 1. The quantitative estimate of drug-likeness (QED) is 0.719. The zero-order chi connectivity index (χ0) is 8.60. The molecule has 3 nitrogen and oxygen atoms in total. The van der Waals surface area contributed by atoms with Gasteiger partial charge in [0.1, 0.15) is 0 Å². The Morgan fingerprint density at radius 1 is 1.67 bits per heavy atom. The first-order valence-electron chi connectivity index (χ1n) is 4.32. The van der Waals surface area contributed by atoms with Crippen LogP contribution < -0.4 is 0 Å². The first-order chi connectivity index (χ1) is 5.74. The Labute approximate surface area is 72.0 Å². The molecule has 0 amide bonds. The Hall–Kier alpha value is -0.830. The maximum Gasteiger partial charge on any atom is 0.0946 e. The van der Waals surface area contributed by atoms with Crippen LogP contribution >= 0.6 is 0 Å². The van der Waals surface area contributed by atoms with Gasteiger partial charge in [0.25, 0.3) is 0 Å². The van der Waals surface area contributed by atoms with Crippen LogP contribution in [0.2, 0.25) is 0 Å². The second-order valence-electron chi connectivity index (χ2n) is 3.87. The zero-order valence-electron chi connectivity index (χ0n) is 7.32. The van der Waals surface area contributed by atoms with Gasteiger partial charge < -0.3 is 9.67 Å². The van der Waals surface area contributed by atoms with Crippen molar-refractivity contribution in [1.29, 1.82) is 0 Å². The third kappa shape index (κ3) is 1.37. The van der Waals surface area contributed by atoms with Gasteiger partial charge in [-0.1, -0.05) is 0 Å². The second kappa shape index (κ2) is 2.59. The Kier molecular flexibility index (Phi) is 1.68. The highest BCUT2D eigenvalue weighted by molar-refractivity contribution is 5.06. The van der Waals surface area contributed by atoms with Crippen LogP contribution in [0.15, 0.2) is 12.5 Å². The van der Waals surface area contributed by atoms with Gasteiger partial charge >= 0.3 is 0 Å². The summed E-state index contributed by atoms with van der Waals surface area (Å²) < 4.78 is 1.95. The lowest BCUT2D eigenvalue weighted by atomic mass is 10.0. The number of imidazole rings is 1. The molecule has 66 valence electrons. The molecule has 1 aromatic rings. The van der Waals surface area contributed by atoms with E-state index < -0.39 is 0 Å². The Bertz CT molecular complexity index is 276. The molecule has 1 N–H and O–H groups in total. The molecule has 0 aliphatic heterocycles. The van der Waals surface area contributed by atoms with Crippen molar-refractivity contribution in [2.45, 2.75) is 19.3 Å². The van der Waals surface area contributed by atoms with Crippen LogP contribution in [-0.4, -0.2) is 21.3 Å². The van der Waals surface area contributed by atoms with E-state index in [1.54, 1.807) is 0 Å². The molecule has 1 aliphatic rings. The largest absolute Gasteiger partial charge is 0.396 e. The van der Waals surface area contributed by atoms with Crippen molar-refractivity contribution >= 4 is 0 Å². The molecule has 1 aliphatic carbocycles. The molecule has 0 spiro atoms. The van der Waals surface area contributed by atoms with Gasteiger partial charge in [-0.2, -0.15) is 0 Å². The fourth-order valence-electron chi connectivity index (χ4n) is 1.51. The van der Waals surface area contributed by atoms with Gasteiger partial charge in [-0.15, -0.1) is 0 Å². The molecule has 0 radical (unpaired) electrons. The molecule has 2 rings (SSSR count). The summed E-state index contributed by atoms with van der Waals surface area (Å²) >= 11 is 0. The summed E-state index contributed by atoms with van der Waals surface area (Å²) in [7, 11) is 1.97. The highest BCUT2D eigenvalue weighted by Gasteiger charge is 2.42. The number of nitrogens with zero attached hydrogens (tertiary/aromatic N) is 2. The lowest BCUT2D eigenvalue weighted by Crippen LogP contribution is -2.10. The van der Waals surface area contributed by atoms with Crippen molar-refractivity contribution in [2.75, 3.05) is 6.61 Å². The third-order valence-electron chi connectivity index (χ3n) is 2.61. The summed E-state index contributed by atoms with van der Waals surface area (Å²) in [5.41, 5.74) is 1.29. The Balaban J connectivity index is 2.04. The van der Waals surface area contributed by atoms with E-state index >= 15 is 0 Å². The molecular formula is C9H14N2O. The molecule has 12 heavy (non-hydrogen) atoms. The van der Waals surface area contributed by atoms with Crippen LogP contribution in [0.25, 0.3) is 0 Å². The minimum Gasteiger partial charge on any atom is -0.396 e. The molecule has 1 heterocycles. The minimum absolute atomic E-state index is 0.189. The van der Waals surface area contributed by atoms with E-state index in [1.807, 2.05) is 24.1 Å². The SMILES string of the molecule is Cn1cnc(CC2(CO)CC2)c1. The van der Waals surface area contributed by atoms with Crippen LogP contribution in [0.4, 0.5) is 0 Å². The van der Waals surface area contributed by atoms with Crippen LogP contribution in [0, 0.1) is 5.41 Å². The van der Waals surface area contributed by atoms with Gasteiger partial charge in [0, 0.05) is 19.9 Å². The Morgan fingerprint density at radius 2 is 2.42 bits per heavy atom. The van der Waals surface area contributed by atoms with Gasteiger partial charge in [-0.3, -0.25) is 0 Å². The molecule has 0 atom stereocenters. The summed E-state index contributed by atoms with van der Waals surface area (Å²) in [5.74, 6) is 0. The predicted molar refractivity (Wildman–Crippen MR) is 45.7 cm³/mol. The number of hydrogen-bond donors (Lipinski definition) is 1. The van der Waals surface area contributed by atoms with Crippen molar-refractivity contribution in [3.8, 4) is 0 Å². The normalized spacial score (nSPS) is 19.5. The standard InChI is InChI=1S/C9H14N2O/c1-11-5-8(10-7-11)4-9(6-12)2-3-9/h5,7,12H,2-4,6H2,1H3. The van der Waals surface area contributed by atoms with Crippen LogP contribution in [0.5, 0.6) is 0 Å². The van der Waals surface area contributed by atoms with Crippen molar-refractivity contribution in [3.05, 3.63) is 18.2 Å². The molecule has 0 bridgehead atoms. The van der Waals surface area contributed by atoms with Crippen LogP contribution in [0.1, 0.15) is 18.5 Å². The maximum atomic E-state index is 9.09. The monoisotopic (exact) mass is 166 g/mol. The highest BCUT2D eigenvalue weighted by Crippen LogP contribution is 2.47. The van der Waals surface area contributed by atoms with Gasteiger partial charge in [0.05, 0.1) is 12.0 Å². The topological polar surface area (TPSA) is 38.0 Å². The lowest BCUT2D eigenvalue weighted by molar-refractivity contribution is 0.210. The lowest BCUT2D eigenvalue weighted by Gasteiger charge is -2.07. The smallest absolute Gasteiger partial charge is 0.0946 e. The molecule has 1 fully saturated rings. The van der Waals surface area contributed by atoms with E-state index in [0.29, 0.717) is 6.61 Å². The van der Waals surface area contributed by atoms with E-state index in [4.69, 9.17) is 5.11 Å². The molecule has 0 aromatic carbocycles. The average molecular weight is 166 g/mol. The number of hydrogen-bond acceptors (Lipinski definition) is 2. The third-order valence-corrected chi connectivity index (χ3v) is 2.61. The van der Waals surface area contributed by atoms with Crippen molar-refractivity contribution < 1.29 is 5.11 Å². The highest BCUT2D eigenvalue weighted by atomic mass is 16.3. The fourth-order valence-corrected chi connectivity index (χ4v) is 1.51. The average Bonchev–Trinajstić information content (AvgIpc) is 2.71. The second-order valence-corrected chi connectivity index (χ2v) is 3.87. The zero-order valence-corrected chi connectivity index (χ0v) is 7.32. The molecule has 1 aromatic heterocycles. The minimum atomic E-state index is 0.189. The van der Waals surface area contributed by atoms with Gasteiger partial charge in [0.2, 0.25) is 0 Å². The van der Waals surface area contributed by atoms with E-state index in [0.717, 1.165) is 25.0 Å². The van der Waals surface area contributed by atoms with E-state index in [2.05, 4.69) is 4.98 Å².